The number of ether oxygens (including phenoxy) is 1. The Labute approximate surface area is 86.6 Å². The van der Waals surface area contributed by atoms with Crippen LogP contribution in [-0.4, -0.2) is 50.7 Å². The summed E-state index contributed by atoms with van der Waals surface area (Å²) in [6, 6.07) is 0. The van der Waals surface area contributed by atoms with Gasteiger partial charge in [0.1, 0.15) is 0 Å². The summed E-state index contributed by atoms with van der Waals surface area (Å²) >= 11 is 0. The lowest BCUT2D eigenvalue weighted by molar-refractivity contribution is -0.121. The van der Waals surface area contributed by atoms with Gasteiger partial charge in [-0.3, -0.25) is 4.79 Å². The van der Waals surface area contributed by atoms with Crippen molar-refractivity contribution >= 4 is 5.91 Å². The van der Waals surface area contributed by atoms with Crippen molar-refractivity contribution < 1.29 is 9.53 Å². The Morgan fingerprint density at radius 3 is 2.57 bits per heavy atom. The van der Waals surface area contributed by atoms with Gasteiger partial charge in [-0.15, -0.1) is 0 Å². The van der Waals surface area contributed by atoms with Crippen molar-refractivity contribution in [3.8, 4) is 0 Å². The molecule has 14 heavy (non-hydrogen) atoms. The second kappa shape index (κ2) is 7.76. The summed E-state index contributed by atoms with van der Waals surface area (Å²) in [6.07, 6.45) is 0.781. The molecule has 0 fully saturated rings. The maximum atomic E-state index is 11.2. The highest BCUT2D eigenvalue weighted by Gasteiger charge is 2.01. The van der Waals surface area contributed by atoms with Crippen LogP contribution in [-0.2, 0) is 9.53 Å². The molecule has 0 saturated carbocycles. The average molecular weight is 202 g/mol. The van der Waals surface area contributed by atoms with Gasteiger partial charge in [0.25, 0.3) is 0 Å². The summed E-state index contributed by atoms with van der Waals surface area (Å²) < 4.78 is 5.29. The molecule has 0 aromatic rings. The Morgan fingerprint density at radius 1 is 1.43 bits per heavy atom. The zero-order valence-corrected chi connectivity index (χ0v) is 9.67. The molecule has 0 bridgehead atoms. The predicted octanol–water partition coefficient (Wildman–Crippen LogP) is 0.479. The molecule has 1 amide bonds. The van der Waals surface area contributed by atoms with Gasteiger partial charge in [0.15, 0.2) is 0 Å². The highest BCUT2D eigenvalue weighted by atomic mass is 16.5. The van der Waals surface area contributed by atoms with Crippen LogP contribution in [0.1, 0.15) is 20.3 Å². The Kier molecular flexibility index (Phi) is 7.42. The average Bonchev–Trinajstić information content (AvgIpc) is 2.08. The molecule has 0 heterocycles. The van der Waals surface area contributed by atoms with Crippen LogP contribution in [0, 0.1) is 0 Å². The summed E-state index contributed by atoms with van der Waals surface area (Å²) in [5.41, 5.74) is 0. The van der Waals surface area contributed by atoms with Gasteiger partial charge < -0.3 is 15.0 Å². The van der Waals surface area contributed by atoms with E-state index >= 15 is 0 Å². The number of hydrogen-bond donors (Lipinski definition) is 1. The molecule has 0 rings (SSSR count). The van der Waals surface area contributed by atoms with Crippen LogP contribution in [0.25, 0.3) is 0 Å². The number of rotatable bonds is 7. The molecule has 0 aliphatic carbocycles. The van der Waals surface area contributed by atoms with Crippen LogP contribution in [0.4, 0.5) is 0 Å². The maximum Gasteiger partial charge on any atom is 0.221 e. The first-order valence-corrected chi connectivity index (χ1v) is 5.05. The van der Waals surface area contributed by atoms with E-state index in [4.69, 9.17) is 4.74 Å². The van der Waals surface area contributed by atoms with Crippen LogP contribution >= 0.6 is 0 Å². The third-order valence-corrected chi connectivity index (χ3v) is 1.66. The Hall–Kier alpha value is -0.610. The van der Waals surface area contributed by atoms with E-state index in [9.17, 15) is 4.79 Å². The SMILES string of the molecule is CC(C)OCCNC(=O)CCN(C)C. The first-order chi connectivity index (χ1) is 6.52. The predicted molar refractivity (Wildman–Crippen MR) is 57.3 cm³/mol. The largest absolute Gasteiger partial charge is 0.377 e. The number of nitrogens with one attached hydrogen (secondary N) is 1. The third kappa shape index (κ3) is 9.48. The van der Waals surface area contributed by atoms with Gasteiger partial charge in [-0.05, 0) is 27.9 Å². The van der Waals surface area contributed by atoms with E-state index in [1.807, 2.05) is 32.8 Å². The lowest BCUT2D eigenvalue weighted by Crippen LogP contribution is -2.30. The molecule has 0 aliphatic heterocycles. The van der Waals surface area contributed by atoms with Gasteiger partial charge in [-0.2, -0.15) is 0 Å². The molecular formula is C10H22N2O2. The van der Waals surface area contributed by atoms with Gasteiger partial charge >= 0.3 is 0 Å². The van der Waals surface area contributed by atoms with Crippen molar-refractivity contribution in [3.05, 3.63) is 0 Å². The van der Waals surface area contributed by atoms with Crippen LogP contribution in [0.15, 0.2) is 0 Å². The quantitative estimate of drug-likeness (QED) is 0.611. The molecule has 4 heteroatoms. The van der Waals surface area contributed by atoms with E-state index in [-0.39, 0.29) is 12.0 Å². The molecule has 0 aromatic heterocycles. The number of nitrogens with zero attached hydrogens (tertiary/aromatic N) is 1. The minimum atomic E-state index is 0.0889. The minimum absolute atomic E-state index is 0.0889. The van der Waals surface area contributed by atoms with Crippen molar-refractivity contribution in [2.45, 2.75) is 26.4 Å². The van der Waals surface area contributed by atoms with E-state index < -0.39 is 0 Å². The summed E-state index contributed by atoms with van der Waals surface area (Å²) in [5, 5.41) is 2.80. The third-order valence-electron chi connectivity index (χ3n) is 1.66. The smallest absolute Gasteiger partial charge is 0.221 e. The van der Waals surface area contributed by atoms with Crippen LogP contribution < -0.4 is 5.32 Å². The first-order valence-electron chi connectivity index (χ1n) is 5.05. The number of carbonyl (C=O) groups is 1. The standard InChI is InChI=1S/C10H22N2O2/c1-9(2)14-8-6-11-10(13)5-7-12(3)4/h9H,5-8H2,1-4H3,(H,11,13). The number of hydrogen-bond acceptors (Lipinski definition) is 3. The number of carbonyl (C=O) groups excluding carboxylic acids is 1. The summed E-state index contributed by atoms with van der Waals surface area (Å²) in [6.45, 7) is 5.94. The molecule has 0 spiro atoms. The molecule has 0 atom stereocenters. The summed E-state index contributed by atoms with van der Waals surface area (Å²) in [7, 11) is 3.91. The molecule has 84 valence electrons. The second-order valence-corrected chi connectivity index (χ2v) is 3.82. The molecule has 0 unspecified atom stereocenters. The second-order valence-electron chi connectivity index (χ2n) is 3.82. The normalized spacial score (nSPS) is 11.0. The topological polar surface area (TPSA) is 41.6 Å². The van der Waals surface area contributed by atoms with E-state index in [1.165, 1.54) is 0 Å². The summed E-state index contributed by atoms with van der Waals surface area (Å²) in [4.78, 5) is 13.2. The van der Waals surface area contributed by atoms with Crippen molar-refractivity contribution in [1.29, 1.82) is 0 Å². The Bertz CT molecular complexity index is 158. The van der Waals surface area contributed by atoms with Crippen LogP contribution in [0.3, 0.4) is 0 Å². The fourth-order valence-corrected chi connectivity index (χ4v) is 0.899. The maximum absolute atomic E-state index is 11.2. The lowest BCUT2D eigenvalue weighted by Gasteiger charge is -2.10. The highest BCUT2D eigenvalue weighted by Crippen LogP contribution is 1.86. The molecular weight excluding hydrogens is 180 g/mol. The number of amides is 1. The lowest BCUT2D eigenvalue weighted by atomic mass is 10.4. The minimum Gasteiger partial charge on any atom is -0.377 e. The van der Waals surface area contributed by atoms with Crippen molar-refractivity contribution in [3.63, 3.8) is 0 Å². The zero-order chi connectivity index (χ0) is 11.0. The zero-order valence-electron chi connectivity index (χ0n) is 9.67. The monoisotopic (exact) mass is 202 g/mol. The molecule has 0 aromatic carbocycles. The van der Waals surface area contributed by atoms with Crippen LogP contribution in [0.5, 0.6) is 0 Å². The van der Waals surface area contributed by atoms with Crippen molar-refractivity contribution in [2.24, 2.45) is 0 Å². The highest BCUT2D eigenvalue weighted by molar-refractivity contribution is 5.75. The molecule has 0 radical (unpaired) electrons. The van der Waals surface area contributed by atoms with Crippen molar-refractivity contribution in [2.75, 3.05) is 33.8 Å². The van der Waals surface area contributed by atoms with E-state index in [2.05, 4.69) is 5.32 Å². The van der Waals surface area contributed by atoms with Gasteiger partial charge in [0.2, 0.25) is 5.91 Å². The Balaban J connectivity index is 3.27. The Morgan fingerprint density at radius 2 is 2.07 bits per heavy atom. The summed E-state index contributed by atoms with van der Waals surface area (Å²) in [5.74, 6) is 0.0889. The van der Waals surface area contributed by atoms with E-state index in [1.54, 1.807) is 0 Å². The van der Waals surface area contributed by atoms with Gasteiger partial charge in [0, 0.05) is 19.5 Å². The fraction of sp³-hybridized carbons (Fsp3) is 0.900. The molecule has 0 aliphatic rings. The molecule has 0 saturated heterocycles. The van der Waals surface area contributed by atoms with E-state index in [0.29, 0.717) is 19.6 Å². The first kappa shape index (κ1) is 13.4. The molecule has 4 nitrogen and oxygen atoms in total. The van der Waals surface area contributed by atoms with Crippen LogP contribution in [0.2, 0.25) is 0 Å². The van der Waals surface area contributed by atoms with E-state index in [0.717, 1.165) is 6.54 Å². The van der Waals surface area contributed by atoms with Gasteiger partial charge in [-0.1, -0.05) is 0 Å². The van der Waals surface area contributed by atoms with Gasteiger partial charge in [-0.25, -0.2) is 0 Å². The molecule has 1 N–H and O–H groups in total. The van der Waals surface area contributed by atoms with Crippen molar-refractivity contribution in [1.82, 2.24) is 10.2 Å². The van der Waals surface area contributed by atoms with Gasteiger partial charge in [0.05, 0.1) is 12.7 Å². The fourth-order valence-electron chi connectivity index (χ4n) is 0.899.